The van der Waals surface area contributed by atoms with E-state index in [4.69, 9.17) is 0 Å². The molecule has 4 aromatic carbocycles. The third-order valence-electron chi connectivity index (χ3n) is 5.84. The fourth-order valence-electron chi connectivity index (χ4n) is 3.85. The number of carbonyl (C=O) groups excluding carboxylic acids is 2. The molecule has 2 amide bonds. The molecule has 0 saturated heterocycles. The Morgan fingerprint density at radius 3 is 1.26 bits per heavy atom. The fraction of sp³-hybridized carbons (Fsp3) is 0. The summed E-state index contributed by atoms with van der Waals surface area (Å²) in [6, 6.07) is 18.4. The van der Waals surface area contributed by atoms with Gasteiger partial charge in [-0.3, -0.25) is 18.7 Å². The van der Waals surface area contributed by atoms with E-state index in [-0.39, 0.29) is 74.7 Å². The van der Waals surface area contributed by atoms with Crippen LogP contribution in [-0.4, -0.2) is 48.0 Å². The van der Waals surface area contributed by atoms with Crippen LogP contribution in [0, 0.1) is 0 Å². The van der Waals surface area contributed by atoms with Crippen LogP contribution in [0.4, 0.5) is 11.4 Å². The van der Waals surface area contributed by atoms with Gasteiger partial charge in [0.1, 0.15) is 21.3 Å². The second-order valence-corrected chi connectivity index (χ2v) is 11.5. The van der Waals surface area contributed by atoms with Crippen molar-refractivity contribution in [1.29, 1.82) is 0 Å². The normalized spacial score (nSPS) is 11.5. The molecule has 6 N–H and O–H groups in total. The van der Waals surface area contributed by atoms with Crippen LogP contribution in [-0.2, 0) is 20.2 Å². The van der Waals surface area contributed by atoms with Crippen LogP contribution in [0.3, 0.4) is 0 Å². The number of phenols is 2. The van der Waals surface area contributed by atoms with Crippen LogP contribution in [0.15, 0.2) is 94.7 Å². The number of phenolic OH excluding ortho intramolecular Hbond substituents is 2. The van der Waals surface area contributed by atoms with Gasteiger partial charge >= 0.3 is 29.6 Å². The number of hydrogen-bond acceptors (Lipinski definition) is 8. The third kappa shape index (κ3) is 8.30. The van der Waals surface area contributed by atoms with E-state index in [9.17, 15) is 45.7 Å². The summed E-state index contributed by atoms with van der Waals surface area (Å²) in [6.07, 6.45) is 2.31. The van der Waals surface area contributed by atoms with Gasteiger partial charge in [-0.15, -0.1) is 0 Å². The molecule has 0 aromatic heterocycles. The summed E-state index contributed by atoms with van der Waals surface area (Å²) >= 11 is 0. The molecule has 12 nitrogen and oxygen atoms in total. The van der Waals surface area contributed by atoms with Crippen LogP contribution in [0.5, 0.6) is 11.5 Å². The van der Waals surface area contributed by atoms with Crippen LogP contribution >= 0.6 is 0 Å². The molecule has 4 rings (SSSR count). The Morgan fingerprint density at radius 2 is 0.930 bits per heavy atom. The van der Waals surface area contributed by atoms with Gasteiger partial charge in [0.25, 0.3) is 32.1 Å². The Balaban J connectivity index is 0.00000506. The van der Waals surface area contributed by atoms with Crippen molar-refractivity contribution < 1.29 is 75.3 Å². The molecule has 0 fully saturated rings. The fourth-order valence-corrected chi connectivity index (χ4v) is 5.27. The van der Waals surface area contributed by atoms with Crippen LogP contribution in [0.25, 0.3) is 12.2 Å². The predicted octanol–water partition coefficient (Wildman–Crippen LogP) is 1.27. The quantitative estimate of drug-likeness (QED) is 0.0930. The second kappa shape index (κ2) is 13.5. The van der Waals surface area contributed by atoms with E-state index in [1.807, 2.05) is 0 Å². The molecular weight excluding hydrogens is 611 g/mol. The average Bonchev–Trinajstić information content (AvgIpc) is 2.92. The first-order valence-electron chi connectivity index (χ1n) is 11.8. The zero-order valence-electron chi connectivity index (χ0n) is 22.3. The molecule has 216 valence electrons. The van der Waals surface area contributed by atoms with Gasteiger partial charge in [0.15, 0.2) is 0 Å². The van der Waals surface area contributed by atoms with E-state index < -0.39 is 41.8 Å². The van der Waals surface area contributed by atoms with Gasteiger partial charge in [0, 0.05) is 11.4 Å². The topological polar surface area (TPSA) is 207 Å². The Bertz CT molecular complexity index is 1820. The van der Waals surface area contributed by atoms with Gasteiger partial charge in [-0.25, -0.2) is 0 Å². The SMILES string of the molecule is O=C(Nc1ccc(/C=C/c2ccc(NC(=O)c3ccccc3O)cc2S(=O)(=O)O)c(S(=O)(=O)O)c1)c1ccccc1O.[Na+]. The number of anilines is 2. The minimum Gasteiger partial charge on any atom is -0.507 e. The summed E-state index contributed by atoms with van der Waals surface area (Å²) in [5.41, 5.74) is -0.416. The molecular formula is C28H22N2NaO10S2+. The summed E-state index contributed by atoms with van der Waals surface area (Å²) in [4.78, 5) is 23.7. The largest absolute Gasteiger partial charge is 1.00 e. The molecule has 0 aliphatic rings. The van der Waals surface area contributed by atoms with E-state index in [1.165, 1.54) is 72.8 Å². The number of amides is 2. The second-order valence-electron chi connectivity index (χ2n) is 8.73. The molecule has 0 saturated carbocycles. The number of hydrogen-bond donors (Lipinski definition) is 6. The molecule has 0 spiro atoms. The summed E-state index contributed by atoms with van der Waals surface area (Å²) in [7, 11) is -9.69. The van der Waals surface area contributed by atoms with Crippen LogP contribution in [0.1, 0.15) is 31.8 Å². The number of aromatic hydroxyl groups is 2. The molecule has 0 atom stereocenters. The van der Waals surface area contributed by atoms with Crippen molar-refractivity contribution in [3.05, 3.63) is 107 Å². The maximum atomic E-state index is 12.5. The summed E-state index contributed by atoms with van der Waals surface area (Å²) in [5, 5.41) is 24.6. The number of nitrogens with one attached hydrogen (secondary N) is 2. The third-order valence-corrected chi connectivity index (χ3v) is 7.66. The molecule has 4 aromatic rings. The first-order chi connectivity index (χ1) is 19.7. The summed E-state index contributed by atoms with van der Waals surface area (Å²) in [6.45, 7) is 0. The van der Waals surface area contributed by atoms with Crippen molar-refractivity contribution in [3.63, 3.8) is 0 Å². The summed E-state index contributed by atoms with van der Waals surface area (Å²) < 4.78 is 68.1. The molecule has 15 heteroatoms. The Morgan fingerprint density at radius 1 is 0.581 bits per heavy atom. The van der Waals surface area contributed by atoms with Gasteiger partial charge in [-0.05, 0) is 59.7 Å². The van der Waals surface area contributed by atoms with E-state index in [0.29, 0.717) is 0 Å². The number of rotatable bonds is 8. The van der Waals surface area contributed by atoms with Crippen molar-refractivity contribution in [2.45, 2.75) is 9.79 Å². The molecule has 0 aliphatic carbocycles. The maximum Gasteiger partial charge on any atom is 1.00 e. The van der Waals surface area contributed by atoms with Crippen molar-refractivity contribution in [1.82, 2.24) is 0 Å². The molecule has 0 heterocycles. The minimum absolute atomic E-state index is 0. The van der Waals surface area contributed by atoms with Crippen molar-refractivity contribution in [2.75, 3.05) is 10.6 Å². The molecule has 0 bridgehead atoms. The average molecular weight is 634 g/mol. The van der Waals surface area contributed by atoms with E-state index in [0.717, 1.165) is 24.3 Å². The zero-order chi connectivity index (χ0) is 30.7. The number of carbonyl (C=O) groups is 2. The van der Waals surface area contributed by atoms with Crippen LogP contribution in [0.2, 0.25) is 0 Å². The standard InChI is InChI=1S/C28H22N2O10S2.Na/c31-23-7-3-1-5-21(23)27(33)29-19-13-11-17(25(15-19)41(35,36)37)9-10-18-12-14-20(16-26(18)42(38,39)40)30-28(34)22-6-2-4-8-24(22)32;/h1-16,31-32H,(H,29,33)(H,30,34)(H,35,36,37)(H,38,39,40);/q;+1/b10-9+;. The van der Waals surface area contributed by atoms with Gasteiger partial charge < -0.3 is 20.8 Å². The van der Waals surface area contributed by atoms with Gasteiger partial charge in [-0.1, -0.05) is 48.6 Å². The Kier molecular flexibility index (Phi) is 10.5. The Hall–Kier alpha value is -4.02. The monoisotopic (exact) mass is 633 g/mol. The van der Waals surface area contributed by atoms with Crippen molar-refractivity contribution >= 4 is 55.6 Å². The van der Waals surface area contributed by atoms with E-state index in [2.05, 4.69) is 10.6 Å². The van der Waals surface area contributed by atoms with Crippen LogP contribution < -0.4 is 40.2 Å². The molecule has 0 radical (unpaired) electrons. The van der Waals surface area contributed by atoms with E-state index in [1.54, 1.807) is 0 Å². The van der Waals surface area contributed by atoms with Gasteiger partial charge in [-0.2, -0.15) is 16.8 Å². The minimum atomic E-state index is -4.85. The molecule has 0 aliphatic heterocycles. The van der Waals surface area contributed by atoms with Crippen molar-refractivity contribution in [2.24, 2.45) is 0 Å². The molecule has 43 heavy (non-hydrogen) atoms. The smallest absolute Gasteiger partial charge is 0.507 e. The van der Waals surface area contributed by atoms with Gasteiger partial charge in [0.05, 0.1) is 11.1 Å². The Labute approximate surface area is 268 Å². The summed E-state index contributed by atoms with van der Waals surface area (Å²) in [5.74, 6) is -2.10. The first-order valence-corrected chi connectivity index (χ1v) is 14.7. The number of para-hydroxylation sites is 2. The maximum absolute atomic E-state index is 12.5. The zero-order valence-corrected chi connectivity index (χ0v) is 25.9. The predicted molar refractivity (Wildman–Crippen MR) is 154 cm³/mol. The first kappa shape index (κ1) is 33.5. The van der Waals surface area contributed by atoms with Gasteiger partial charge in [0.2, 0.25) is 0 Å². The van der Waals surface area contributed by atoms with E-state index >= 15 is 0 Å². The van der Waals surface area contributed by atoms with Crippen molar-refractivity contribution in [3.8, 4) is 11.5 Å². The molecule has 0 unspecified atom stereocenters. The number of benzene rings is 4.